The third-order valence-electron chi connectivity index (χ3n) is 4.21. The standard InChI is InChI=1S/C17H18ClFN2O/c1-12-4-2-3-7-20-8-9-21(11-16(12)20)17(22)14-6-5-13(19)10-15(14)18/h3,5-7,10H,2,4,8-9,11H2,1H3. The zero-order valence-electron chi connectivity index (χ0n) is 12.5. The van der Waals surface area contributed by atoms with Gasteiger partial charge < -0.3 is 9.80 Å². The highest BCUT2D eigenvalue weighted by atomic mass is 35.5. The molecule has 1 saturated heterocycles. The molecule has 0 atom stereocenters. The number of nitrogens with zero attached hydrogens (tertiary/aromatic N) is 2. The van der Waals surface area contributed by atoms with Crippen LogP contribution in [0.3, 0.4) is 0 Å². The highest BCUT2D eigenvalue weighted by Gasteiger charge is 2.27. The predicted octanol–water partition coefficient (Wildman–Crippen LogP) is 3.82. The van der Waals surface area contributed by atoms with E-state index in [0.717, 1.165) is 19.4 Å². The van der Waals surface area contributed by atoms with Gasteiger partial charge in [-0.25, -0.2) is 4.39 Å². The third kappa shape index (κ3) is 2.88. The van der Waals surface area contributed by atoms with Gasteiger partial charge in [0, 0.05) is 18.8 Å². The van der Waals surface area contributed by atoms with Gasteiger partial charge in [-0.2, -0.15) is 0 Å². The van der Waals surface area contributed by atoms with Gasteiger partial charge in [-0.3, -0.25) is 4.79 Å². The van der Waals surface area contributed by atoms with Crippen molar-refractivity contribution in [2.24, 2.45) is 0 Å². The van der Waals surface area contributed by atoms with Crippen LogP contribution >= 0.6 is 11.6 Å². The molecule has 0 saturated carbocycles. The van der Waals surface area contributed by atoms with E-state index in [4.69, 9.17) is 11.6 Å². The zero-order valence-corrected chi connectivity index (χ0v) is 13.2. The molecule has 3 rings (SSSR count). The average Bonchev–Trinajstić information content (AvgIpc) is 2.68. The molecular weight excluding hydrogens is 303 g/mol. The summed E-state index contributed by atoms with van der Waals surface area (Å²) in [5.74, 6) is -0.572. The molecule has 0 N–H and O–H groups in total. The van der Waals surface area contributed by atoms with Gasteiger partial charge >= 0.3 is 0 Å². The Bertz CT molecular complexity index is 669. The molecule has 1 fully saturated rings. The van der Waals surface area contributed by atoms with Crippen molar-refractivity contribution in [2.45, 2.75) is 19.8 Å². The lowest BCUT2D eigenvalue weighted by atomic mass is 10.1. The van der Waals surface area contributed by atoms with Gasteiger partial charge in [-0.1, -0.05) is 23.3 Å². The highest BCUT2D eigenvalue weighted by molar-refractivity contribution is 6.33. The van der Waals surface area contributed by atoms with Crippen LogP contribution in [0.4, 0.5) is 4.39 Å². The molecule has 1 amide bonds. The molecule has 3 nitrogen and oxygen atoms in total. The Hall–Kier alpha value is -1.81. The van der Waals surface area contributed by atoms with E-state index in [1.165, 1.54) is 29.5 Å². The summed E-state index contributed by atoms with van der Waals surface area (Å²) >= 11 is 6.01. The first-order valence-corrected chi connectivity index (χ1v) is 7.80. The van der Waals surface area contributed by atoms with Crippen LogP contribution in [0.5, 0.6) is 0 Å². The van der Waals surface area contributed by atoms with Gasteiger partial charge in [0.15, 0.2) is 0 Å². The zero-order chi connectivity index (χ0) is 15.7. The monoisotopic (exact) mass is 320 g/mol. The Morgan fingerprint density at radius 1 is 1.32 bits per heavy atom. The van der Waals surface area contributed by atoms with E-state index in [2.05, 4.69) is 24.1 Å². The summed E-state index contributed by atoms with van der Waals surface area (Å²) in [6.45, 7) is 4.10. The van der Waals surface area contributed by atoms with Crippen LogP contribution in [0, 0.1) is 5.82 Å². The van der Waals surface area contributed by atoms with Gasteiger partial charge in [0.2, 0.25) is 0 Å². The molecule has 0 aliphatic carbocycles. The number of rotatable bonds is 1. The van der Waals surface area contributed by atoms with Gasteiger partial charge in [0.1, 0.15) is 5.82 Å². The van der Waals surface area contributed by atoms with Crippen LogP contribution in [0.15, 0.2) is 41.7 Å². The summed E-state index contributed by atoms with van der Waals surface area (Å²) in [7, 11) is 0. The van der Waals surface area contributed by atoms with Gasteiger partial charge in [-0.05, 0) is 44.2 Å². The summed E-state index contributed by atoms with van der Waals surface area (Å²) in [6, 6.07) is 3.92. The summed E-state index contributed by atoms with van der Waals surface area (Å²) in [5, 5.41) is 0.166. The molecule has 0 bridgehead atoms. The van der Waals surface area contributed by atoms with Crippen molar-refractivity contribution in [3.63, 3.8) is 0 Å². The summed E-state index contributed by atoms with van der Waals surface area (Å²) < 4.78 is 13.1. The van der Waals surface area contributed by atoms with Crippen molar-refractivity contribution < 1.29 is 9.18 Å². The Kier molecular flexibility index (Phi) is 4.21. The van der Waals surface area contributed by atoms with E-state index in [1.807, 2.05) is 0 Å². The topological polar surface area (TPSA) is 23.6 Å². The minimum Gasteiger partial charge on any atom is -0.348 e. The van der Waals surface area contributed by atoms with Crippen LogP contribution in [-0.4, -0.2) is 35.3 Å². The first kappa shape index (κ1) is 15.1. The largest absolute Gasteiger partial charge is 0.348 e. The number of piperazine rings is 1. The van der Waals surface area contributed by atoms with Crippen molar-refractivity contribution in [3.05, 3.63) is 58.1 Å². The number of carbonyl (C=O) groups is 1. The molecule has 2 aliphatic rings. The number of hydrogen-bond donors (Lipinski definition) is 0. The first-order chi connectivity index (χ1) is 10.6. The molecule has 1 aromatic carbocycles. The number of halogens is 2. The fourth-order valence-electron chi connectivity index (χ4n) is 2.91. The van der Waals surface area contributed by atoms with Crippen molar-refractivity contribution in [2.75, 3.05) is 19.6 Å². The lowest BCUT2D eigenvalue weighted by molar-refractivity contribution is 0.0719. The molecule has 1 aromatic rings. The van der Waals surface area contributed by atoms with Crippen LogP contribution < -0.4 is 0 Å². The number of benzene rings is 1. The Morgan fingerprint density at radius 3 is 2.91 bits per heavy atom. The second kappa shape index (κ2) is 6.13. The minimum atomic E-state index is -0.432. The highest BCUT2D eigenvalue weighted by Crippen LogP contribution is 2.26. The maximum atomic E-state index is 13.1. The maximum Gasteiger partial charge on any atom is 0.255 e. The number of hydrogen-bond acceptors (Lipinski definition) is 2. The van der Waals surface area contributed by atoms with E-state index in [1.54, 1.807) is 4.90 Å². The molecule has 2 aliphatic heterocycles. The number of allylic oxidation sites excluding steroid dienone is 2. The van der Waals surface area contributed by atoms with E-state index < -0.39 is 5.82 Å². The molecule has 0 spiro atoms. The van der Waals surface area contributed by atoms with Crippen LogP contribution in [-0.2, 0) is 0 Å². The number of amides is 1. The normalized spacial score (nSPS) is 18.3. The first-order valence-electron chi connectivity index (χ1n) is 7.42. The molecule has 2 heterocycles. The lowest BCUT2D eigenvalue weighted by Crippen LogP contribution is -2.45. The van der Waals surface area contributed by atoms with Crippen molar-refractivity contribution in [1.29, 1.82) is 0 Å². The summed E-state index contributed by atoms with van der Waals surface area (Å²) in [6.07, 6.45) is 6.33. The SMILES string of the molecule is CC1=C2CN(C(=O)c3ccc(F)cc3Cl)CCN2C=CCC1. The fourth-order valence-corrected chi connectivity index (χ4v) is 3.16. The smallest absolute Gasteiger partial charge is 0.255 e. The Balaban J connectivity index is 1.84. The Labute approximate surface area is 134 Å². The molecule has 0 unspecified atom stereocenters. The van der Waals surface area contributed by atoms with E-state index in [0.29, 0.717) is 18.7 Å². The maximum absolute atomic E-state index is 13.1. The molecule has 116 valence electrons. The van der Waals surface area contributed by atoms with Gasteiger partial charge in [-0.15, -0.1) is 0 Å². The Morgan fingerprint density at radius 2 is 2.14 bits per heavy atom. The average molecular weight is 321 g/mol. The minimum absolute atomic E-state index is 0.141. The number of carbonyl (C=O) groups excluding carboxylic acids is 1. The molecule has 0 aromatic heterocycles. The lowest BCUT2D eigenvalue weighted by Gasteiger charge is -2.37. The molecular formula is C17H18ClFN2O. The second-order valence-electron chi connectivity index (χ2n) is 5.69. The van der Waals surface area contributed by atoms with E-state index in [-0.39, 0.29) is 10.9 Å². The third-order valence-corrected chi connectivity index (χ3v) is 4.52. The van der Waals surface area contributed by atoms with Crippen molar-refractivity contribution >= 4 is 17.5 Å². The molecule has 22 heavy (non-hydrogen) atoms. The summed E-state index contributed by atoms with van der Waals surface area (Å²) in [5.41, 5.74) is 2.86. The molecule has 0 radical (unpaired) electrons. The predicted molar refractivity (Wildman–Crippen MR) is 85.1 cm³/mol. The van der Waals surface area contributed by atoms with Gasteiger partial charge in [0.05, 0.1) is 17.1 Å². The van der Waals surface area contributed by atoms with E-state index in [9.17, 15) is 9.18 Å². The van der Waals surface area contributed by atoms with Crippen molar-refractivity contribution in [3.8, 4) is 0 Å². The van der Waals surface area contributed by atoms with Crippen LogP contribution in [0.2, 0.25) is 5.02 Å². The summed E-state index contributed by atoms with van der Waals surface area (Å²) in [4.78, 5) is 16.7. The van der Waals surface area contributed by atoms with E-state index >= 15 is 0 Å². The quantitative estimate of drug-likeness (QED) is 0.785. The fraction of sp³-hybridized carbons (Fsp3) is 0.353. The van der Waals surface area contributed by atoms with Crippen LogP contribution in [0.25, 0.3) is 0 Å². The van der Waals surface area contributed by atoms with Crippen LogP contribution in [0.1, 0.15) is 30.1 Å². The van der Waals surface area contributed by atoms with Crippen molar-refractivity contribution in [1.82, 2.24) is 9.80 Å². The van der Waals surface area contributed by atoms with Gasteiger partial charge in [0.25, 0.3) is 5.91 Å². The molecule has 5 heteroatoms. The second-order valence-corrected chi connectivity index (χ2v) is 6.10. The number of fused-ring (bicyclic) bond motifs is 1.